The zero-order chi connectivity index (χ0) is 17.0. The van der Waals surface area contributed by atoms with Crippen molar-refractivity contribution in [1.82, 2.24) is 9.88 Å². The number of hydrogen-bond donors (Lipinski definition) is 0. The van der Waals surface area contributed by atoms with Crippen molar-refractivity contribution in [3.63, 3.8) is 0 Å². The second kappa shape index (κ2) is 7.51. The molecule has 0 unspecified atom stereocenters. The van der Waals surface area contributed by atoms with Crippen molar-refractivity contribution in [2.45, 2.75) is 52.2 Å². The van der Waals surface area contributed by atoms with Crippen molar-refractivity contribution in [2.75, 3.05) is 25.0 Å². The summed E-state index contributed by atoms with van der Waals surface area (Å²) in [6.07, 6.45) is 3.37. The molecule has 0 atom stereocenters. The highest BCUT2D eigenvalue weighted by atomic mass is 79.9. The Hall–Kier alpha value is -1.30. The van der Waals surface area contributed by atoms with E-state index in [0.29, 0.717) is 6.54 Å². The molecule has 5 nitrogen and oxygen atoms in total. The second-order valence-corrected chi connectivity index (χ2v) is 7.80. The third-order valence-corrected chi connectivity index (χ3v) is 4.15. The number of rotatable bonds is 3. The van der Waals surface area contributed by atoms with Crippen molar-refractivity contribution >= 4 is 27.7 Å². The van der Waals surface area contributed by atoms with E-state index in [1.807, 2.05) is 26.8 Å². The van der Waals surface area contributed by atoms with Gasteiger partial charge in [-0.25, -0.2) is 9.78 Å². The first-order valence-corrected chi connectivity index (χ1v) is 8.90. The molecule has 128 valence electrons. The average Bonchev–Trinajstić information content (AvgIpc) is 2.46. The van der Waals surface area contributed by atoms with Gasteiger partial charge in [0, 0.05) is 20.1 Å². The molecule has 1 aliphatic heterocycles. The average molecular weight is 384 g/mol. The van der Waals surface area contributed by atoms with Crippen LogP contribution in [0.2, 0.25) is 0 Å². The van der Waals surface area contributed by atoms with Crippen LogP contribution in [0.3, 0.4) is 0 Å². The molecular formula is C17H26BrN3O2. The SMILES string of the molecule is CN(Cc1nc(Br)ccc1N1CCCCC1)C(=O)OC(C)(C)C. The van der Waals surface area contributed by atoms with Crippen LogP contribution in [0, 0.1) is 0 Å². The molecule has 1 aliphatic rings. The van der Waals surface area contributed by atoms with Gasteiger partial charge in [-0.1, -0.05) is 0 Å². The van der Waals surface area contributed by atoms with Crippen LogP contribution in [0.15, 0.2) is 16.7 Å². The van der Waals surface area contributed by atoms with Gasteiger partial charge < -0.3 is 14.5 Å². The number of pyridine rings is 1. The maximum absolute atomic E-state index is 12.2. The number of nitrogens with zero attached hydrogens (tertiary/aromatic N) is 3. The fourth-order valence-electron chi connectivity index (χ4n) is 2.64. The van der Waals surface area contributed by atoms with Crippen LogP contribution in [-0.4, -0.2) is 41.7 Å². The predicted octanol–water partition coefficient (Wildman–Crippen LogP) is 4.20. The molecular weight excluding hydrogens is 358 g/mol. The first-order chi connectivity index (χ1) is 10.8. The molecule has 0 N–H and O–H groups in total. The number of ether oxygens (including phenoxy) is 1. The molecule has 2 rings (SSSR count). The first-order valence-electron chi connectivity index (χ1n) is 8.11. The third-order valence-electron chi connectivity index (χ3n) is 3.71. The Bertz CT molecular complexity index is 551. The number of aromatic nitrogens is 1. The van der Waals surface area contributed by atoms with Crippen molar-refractivity contribution in [3.05, 3.63) is 22.4 Å². The lowest BCUT2D eigenvalue weighted by Gasteiger charge is -2.31. The van der Waals surface area contributed by atoms with E-state index in [2.05, 4.69) is 31.9 Å². The van der Waals surface area contributed by atoms with Gasteiger partial charge in [-0.15, -0.1) is 0 Å². The summed E-state index contributed by atoms with van der Waals surface area (Å²) in [6, 6.07) is 4.04. The van der Waals surface area contributed by atoms with Gasteiger partial charge in [-0.2, -0.15) is 0 Å². The van der Waals surface area contributed by atoms with Crippen molar-refractivity contribution in [1.29, 1.82) is 0 Å². The number of carbonyl (C=O) groups is 1. The predicted molar refractivity (Wildman–Crippen MR) is 95.7 cm³/mol. The highest BCUT2D eigenvalue weighted by molar-refractivity contribution is 9.10. The molecule has 0 saturated carbocycles. The summed E-state index contributed by atoms with van der Waals surface area (Å²) < 4.78 is 6.20. The van der Waals surface area contributed by atoms with Crippen LogP contribution >= 0.6 is 15.9 Å². The highest BCUT2D eigenvalue weighted by Crippen LogP contribution is 2.26. The molecule has 0 spiro atoms. The van der Waals surface area contributed by atoms with Gasteiger partial charge in [0.2, 0.25) is 0 Å². The minimum absolute atomic E-state index is 0.330. The lowest BCUT2D eigenvalue weighted by molar-refractivity contribution is 0.0283. The normalized spacial score (nSPS) is 15.4. The molecule has 0 aromatic carbocycles. The van der Waals surface area contributed by atoms with E-state index in [1.165, 1.54) is 19.3 Å². The lowest BCUT2D eigenvalue weighted by atomic mass is 10.1. The summed E-state index contributed by atoms with van der Waals surface area (Å²) in [6.45, 7) is 8.14. The molecule has 1 aromatic heterocycles. The second-order valence-electron chi connectivity index (χ2n) is 6.98. The summed E-state index contributed by atoms with van der Waals surface area (Å²) in [5.74, 6) is 0. The molecule has 6 heteroatoms. The smallest absolute Gasteiger partial charge is 0.410 e. The summed E-state index contributed by atoms with van der Waals surface area (Å²) in [5.41, 5.74) is 1.52. The largest absolute Gasteiger partial charge is 0.444 e. The lowest BCUT2D eigenvalue weighted by Crippen LogP contribution is -2.35. The molecule has 1 aromatic rings. The topological polar surface area (TPSA) is 45.7 Å². The summed E-state index contributed by atoms with van der Waals surface area (Å²) >= 11 is 3.43. The van der Waals surface area contributed by atoms with Crippen molar-refractivity contribution < 1.29 is 9.53 Å². The van der Waals surface area contributed by atoms with Crippen molar-refractivity contribution in [3.8, 4) is 0 Å². The van der Waals surface area contributed by atoms with Gasteiger partial charge in [0.1, 0.15) is 10.2 Å². The Balaban J connectivity index is 2.14. The summed E-state index contributed by atoms with van der Waals surface area (Å²) in [7, 11) is 1.75. The molecule has 1 saturated heterocycles. The molecule has 0 aliphatic carbocycles. The van der Waals surface area contributed by atoms with Gasteiger partial charge in [0.05, 0.1) is 17.9 Å². The molecule has 23 heavy (non-hydrogen) atoms. The Morgan fingerprint density at radius 1 is 1.30 bits per heavy atom. The maximum Gasteiger partial charge on any atom is 0.410 e. The van der Waals surface area contributed by atoms with Crippen LogP contribution in [0.5, 0.6) is 0 Å². The fraction of sp³-hybridized carbons (Fsp3) is 0.647. The molecule has 1 fully saturated rings. The van der Waals surface area contributed by atoms with E-state index in [0.717, 1.165) is 29.1 Å². The van der Waals surface area contributed by atoms with E-state index in [-0.39, 0.29) is 6.09 Å². The Kier molecular flexibility index (Phi) is 5.89. The quantitative estimate of drug-likeness (QED) is 0.733. The van der Waals surface area contributed by atoms with Crippen LogP contribution in [0.25, 0.3) is 0 Å². The Morgan fingerprint density at radius 3 is 2.57 bits per heavy atom. The Labute approximate surface area is 147 Å². The number of carbonyl (C=O) groups excluding carboxylic acids is 1. The van der Waals surface area contributed by atoms with E-state index >= 15 is 0 Å². The molecule has 0 bridgehead atoms. The molecule has 2 heterocycles. The summed E-state index contributed by atoms with van der Waals surface area (Å²) in [4.78, 5) is 20.7. The van der Waals surface area contributed by atoms with Gasteiger partial charge in [-0.05, 0) is 68.1 Å². The van der Waals surface area contributed by atoms with Crippen molar-refractivity contribution in [2.24, 2.45) is 0 Å². The van der Waals surface area contributed by atoms with E-state index < -0.39 is 5.60 Å². The molecule has 1 amide bonds. The van der Waals surface area contributed by atoms with Crippen LogP contribution in [-0.2, 0) is 11.3 Å². The third kappa shape index (κ3) is 5.37. The van der Waals surface area contributed by atoms with E-state index in [9.17, 15) is 4.79 Å². The number of hydrogen-bond acceptors (Lipinski definition) is 4. The van der Waals surface area contributed by atoms with Gasteiger partial charge >= 0.3 is 6.09 Å². The number of anilines is 1. The summed E-state index contributed by atoms with van der Waals surface area (Å²) in [5, 5.41) is 0. The zero-order valence-electron chi connectivity index (χ0n) is 14.4. The monoisotopic (exact) mass is 383 g/mol. The molecule has 0 radical (unpaired) electrons. The maximum atomic E-state index is 12.2. The fourth-order valence-corrected chi connectivity index (χ4v) is 2.98. The zero-order valence-corrected chi connectivity index (χ0v) is 16.0. The van der Waals surface area contributed by atoms with Crippen LogP contribution in [0.1, 0.15) is 45.7 Å². The van der Waals surface area contributed by atoms with E-state index in [1.54, 1.807) is 11.9 Å². The number of piperidine rings is 1. The van der Waals surface area contributed by atoms with Gasteiger partial charge in [-0.3, -0.25) is 0 Å². The standard InChI is InChI=1S/C17H26BrN3O2/c1-17(2,3)23-16(22)20(4)12-13-14(8-9-15(18)19-13)21-10-6-5-7-11-21/h8-9H,5-7,10-12H2,1-4H3. The van der Waals surface area contributed by atoms with Gasteiger partial charge in [0.25, 0.3) is 0 Å². The van der Waals surface area contributed by atoms with Crippen LogP contribution in [0.4, 0.5) is 10.5 Å². The highest BCUT2D eigenvalue weighted by Gasteiger charge is 2.22. The number of amides is 1. The van der Waals surface area contributed by atoms with Crippen LogP contribution < -0.4 is 4.90 Å². The first kappa shape index (κ1) is 18.0. The minimum atomic E-state index is -0.494. The number of halogens is 1. The van der Waals surface area contributed by atoms with Gasteiger partial charge in [0.15, 0.2) is 0 Å². The Morgan fingerprint density at radius 2 is 1.96 bits per heavy atom. The van der Waals surface area contributed by atoms with E-state index in [4.69, 9.17) is 4.74 Å². The minimum Gasteiger partial charge on any atom is -0.444 e.